The van der Waals surface area contributed by atoms with Gasteiger partial charge in [-0.15, -0.1) is 0 Å². The first kappa shape index (κ1) is 21.7. The van der Waals surface area contributed by atoms with Crippen LogP contribution in [0.2, 0.25) is 0 Å². The summed E-state index contributed by atoms with van der Waals surface area (Å²) < 4.78 is 6.80. The third-order valence-corrected chi connectivity index (χ3v) is 6.06. The SMILES string of the molecule is COc1ccc(CNC(=O)Cn2ncc3c(N4CCN(c5ccccc5)CC4)ncnc32)cc1. The Balaban J connectivity index is 1.23. The molecule has 0 bridgehead atoms. The lowest BCUT2D eigenvalue weighted by atomic mass is 10.2. The van der Waals surface area contributed by atoms with Crippen molar-refractivity contribution in [3.63, 3.8) is 0 Å². The Morgan fingerprint density at radius 2 is 1.71 bits per heavy atom. The fraction of sp³-hybridized carbons (Fsp3) is 0.280. The van der Waals surface area contributed by atoms with Crippen LogP contribution in [0.3, 0.4) is 0 Å². The number of amides is 1. The smallest absolute Gasteiger partial charge is 0.242 e. The molecule has 0 atom stereocenters. The molecule has 9 nitrogen and oxygen atoms in total. The molecule has 1 aliphatic heterocycles. The van der Waals surface area contributed by atoms with Crippen LogP contribution in [0.15, 0.2) is 67.1 Å². The molecule has 5 rings (SSSR count). The number of nitrogens with zero attached hydrogens (tertiary/aromatic N) is 6. The van der Waals surface area contributed by atoms with Crippen molar-refractivity contribution in [2.45, 2.75) is 13.1 Å². The fourth-order valence-corrected chi connectivity index (χ4v) is 4.20. The Hall–Kier alpha value is -4.14. The van der Waals surface area contributed by atoms with E-state index in [2.05, 4.69) is 54.4 Å². The Labute approximate surface area is 198 Å². The minimum atomic E-state index is -0.127. The normalized spacial score (nSPS) is 13.8. The van der Waals surface area contributed by atoms with Gasteiger partial charge < -0.3 is 19.9 Å². The number of benzene rings is 2. The predicted octanol–water partition coefficient (Wildman–Crippen LogP) is 2.48. The predicted molar refractivity (Wildman–Crippen MR) is 131 cm³/mol. The second kappa shape index (κ2) is 9.78. The molecule has 2 aromatic heterocycles. The van der Waals surface area contributed by atoms with Crippen LogP contribution in [0.25, 0.3) is 11.0 Å². The van der Waals surface area contributed by atoms with Crippen molar-refractivity contribution in [3.8, 4) is 5.75 Å². The van der Waals surface area contributed by atoms with E-state index in [1.54, 1.807) is 24.3 Å². The average Bonchev–Trinajstić information content (AvgIpc) is 3.31. The van der Waals surface area contributed by atoms with Crippen molar-refractivity contribution in [2.75, 3.05) is 43.1 Å². The van der Waals surface area contributed by atoms with E-state index in [9.17, 15) is 4.79 Å². The van der Waals surface area contributed by atoms with Gasteiger partial charge in [0.15, 0.2) is 5.65 Å². The zero-order valence-corrected chi connectivity index (χ0v) is 19.1. The van der Waals surface area contributed by atoms with Crippen molar-refractivity contribution >= 4 is 28.4 Å². The van der Waals surface area contributed by atoms with Crippen LogP contribution in [0.4, 0.5) is 11.5 Å². The molecule has 34 heavy (non-hydrogen) atoms. The minimum absolute atomic E-state index is 0.0951. The molecule has 1 amide bonds. The molecule has 2 aromatic carbocycles. The van der Waals surface area contributed by atoms with Crippen LogP contribution in [-0.4, -0.2) is 58.9 Å². The van der Waals surface area contributed by atoms with E-state index in [1.165, 1.54) is 5.69 Å². The minimum Gasteiger partial charge on any atom is -0.497 e. The van der Waals surface area contributed by atoms with E-state index in [-0.39, 0.29) is 12.5 Å². The molecule has 4 aromatic rings. The van der Waals surface area contributed by atoms with Gasteiger partial charge in [-0.1, -0.05) is 30.3 Å². The van der Waals surface area contributed by atoms with Gasteiger partial charge in [0.1, 0.15) is 24.4 Å². The lowest BCUT2D eigenvalue weighted by Crippen LogP contribution is -2.46. The summed E-state index contributed by atoms with van der Waals surface area (Å²) in [6.45, 7) is 4.07. The van der Waals surface area contributed by atoms with Crippen molar-refractivity contribution in [1.82, 2.24) is 25.1 Å². The first-order valence-electron chi connectivity index (χ1n) is 11.3. The molecule has 0 unspecified atom stereocenters. The van der Waals surface area contributed by atoms with Crippen LogP contribution in [0.1, 0.15) is 5.56 Å². The molecular weight excluding hydrogens is 430 g/mol. The summed E-state index contributed by atoms with van der Waals surface area (Å²) in [6.07, 6.45) is 3.31. The van der Waals surface area contributed by atoms with Gasteiger partial charge in [0, 0.05) is 38.4 Å². The highest BCUT2D eigenvalue weighted by atomic mass is 16.5. The Morgan fingerprint density at radius 3 is 2.44 bits per heavy atom. The number of carbonyl (C=O) groups excluding carboxylic acids is 1. The maximum atomic E-state index is 12.6. The second-order valence-corrected chi connectivity index (χ2v) is 8.17. The average molecular weight is 458 g/mol. The molecule has 174 valence electrons. The molecule has 3 heterocycles. The summed E-state index contributed by atoms with van der Waals surface area (Å²) in [5.41, 5.74) is 2.90. The van der Waals surface area contributed by atoms with E-state index >= 15 is 0 Å². The van der Waals surface area contributed by atoms with E-state index in [4.69, 9.17) is 4.74 Å². The van der Waals surface area contributed by atoms with Crippen LogP contribution in [-0.2, 0) is 17.9 Å². The van der Waals surface area contributed by atoms with E-state index in [1.807, 2.05) is 30.3 Å². The van der Waals surface area contributed by atoms with E-state index < -0.39 is 0 Å². The highest BCUT2D eigenvalue weighted by Gasteiger charge is 2.22. The van der Waals surface area contributed by atoms with Crippen molar-refractivity contribution in [2.24, 2.45) is 0 Å². The summed E-state index contributed by atoms with van der Waals surface area (Å²) in [5.74, 6) is 1.52. The third kappa shape index (κ3) is 4.63. The number of nitrogens with one attached hydrogen (secondary N) is 1. The van der Waals surface area contributed by atoms with Gasteiger partial charge >= 0.3 is 0 Å². The number of hydrogen-bond acceptors (Lipinski definition) is 7. The van der Waals surface area contributed by atoms with Gasteiger partial charge in [0.25, 0.3) is 0 Å². The zero-order valence-electron chi connectivity index (χ0n) is 19.1. The van der Waals surface area contributed by atoms with Crippen LogP contribution < -0.4 is 19.9 Å². The van der Waals surface area contributed by atoms with Crippen LogP contribution in [0, 0.1) is 0 Å². The number of anilines is 2. The van der Waals surface area contributed by atoms with Crippen molar-refractivity contribution in [3.05, 3.63) is 72.7 Å². The first-order valence-corrected chi connectivity index (χ1v) is 11.3. The van der Waals surface area contributed by atoms with Gasteiger partial charge in [-0.05, 0) is 29.8 Å². The lowest BCUT2D eigenvalue weighted by molar-refractivity contribution is -0.121. The molecule has 0 radical (unpaired) electrons. The number of ether oxygens (including phenoxy) is 1. The number of methoxy groups -OCH3 is 1. The second-order valence-electron chi connectivity index (χ2n) is 8.17. The number of aromatic nitrogens is 4. The number of rotatable bonds is 7. The van der Waals surface area contributed by atoms with Gasteiger partial charge in [0.2, 0.25) is 5.91 Å². The van der Waals surface area contributed by atoms with Gasteiger partial charge in [-0.2, -0.15) is 5.10 Å². The summed E-state index contributed by atoms with van der Waals surface area (Å²) in [6, 6.07) is 18.1. The highest BCUT2D eigenvalue weighted by Crippen LogP contribution is 2.25. The fourth-order valence-electron chi connectivity index (χ4n) is 4.20. The van der Waals surface area contributed by atoms with Crippen molar-refractivity contribution in [1.29, 1.82) is 0 Å². The molecule has 1 fully saturated rings. The molecule has 1 aliphatic rings. The molecular formula is C25H27N7O2. The molecule has 0 saturated carbocycles. The Morgan fingerprint density at radius 1 is 0.971 bits per heavy atom. The number of hydrogen-bond donors (Lipinski definition) is 1. The largest absolute Gasteiger partial charge is 0.497 e. The molecule has 1 N–H and O–H groups in total. The third-order valence-electron chi connectivity index (χ3n) is 6.06. The highest BCUT2D eigenvalue weighted by molar-refractivity contribution is 5.88. The number of carbonyl (C=O) groups is 1. The Bertz CT molecular complexity index is 1250. The molecule has 9 heteroatoms. The monoisotopic (exact) mass is 457 g/mol. The number of para-hydroxylation sites is 1. The van der Waals surface area contributed by atoms with E-state index in [0.717, 1.165) is 48.7 Å². The quantitative estimate of drug-likeness (QED) is 0.456. The van der Waals surface area contributed by atoms with Gasteiger partial charge in [-0.3, -0.25) is 4.79 Å². The summed E-state index contributed by atoms with van der Waals surface area (Å²) >= 11 is 0. The van der Waals surface area contributed by atoms with Gasteiger partial charge in [-0.25, -0.2) is 14.6 Å². The standard InChI is InChI=1S/C25H27N7O2/c1-34-21-9-7-19(8-10-21)15-26-23(33)17-32-25-22(16-29-32)24(27-18-28-25)31-13-11-30(12-14-31)20-5-3-2-4-6-20/h2-10,16,18H,11-15,17H2,1H3,(H,26,33). The maximum Gasteiger partial charge on any atom is 0.242 e. The Kier molecular flexibility index (Phi) is 6.24. The van der Waals surface area contributed by atoms with Crippen LogP contribution >= 0.6 is 0 Å². The molecule has 0 spiro atoms. The first-order chi connectivity index (χ1) is 16.7. The molecule has 1 saturated heterocycles. The number of piperazine rings is 1. The lowest BCUT2D eigenvalue weighted by Gasteiger charge is -2.36. The van der Waals surface area contributed by atoms with E-state index in [0.29, 0.717) is 12.2 Å². The van der Waals surface area contributed by atoms with Gasteiger partial charge in [0.05, 0.1) is 18.7 Å². The summed E-state index contributed by atoms with van der Waals surface area (Å²) in [5, 5.41) is 8.23. The molecule has 0 aliphatic carbocycles. The zero-order chi connectivity index (χ0) is 23.3. The summed E-state index contributed by atoms with van der Waals surface area (Å²) in [4.78, 5) is 26.1. The maximum absolute atomic E-state index is 12.6. The van der Waals surface area contributed by atoms with Crippen LogP contribution in [0.5, 0.6) is 5.75 Å². The summed E-state index contributed by atoms with van der Waals surface area (Å²) in [7, 11) is 1.63. The van der Waals surface area contributed by atoms with Crippen molar-refractivity contribution < 1.29 is 9.53 Å². The topological polar surface area (TPSA) is 88.4 Å². The number of fused-ring (bicyclic) bond motifs is 1.